The van der Waals surface area contributed by atoms with Gasteiger partial charge in [-0.3, -0.25) is 4.68 Å². The molecule has 1 heterocycles. The molecule has 0 aliphatic carbocycles. The van der Waals surface area contributed by atoms with E-state index in [0.29, 0.717) is 11.9 Å². The van der Waals surface area contributed by atoms with Crippen LogP contribution in [0.4, 0.5) is 0 Å². The number of carbonyl (C=O) groups is 2. The molecule has 7 nitrogen and oxygen atoms in total. The molecule has 0 atom stereocenters. The van der Waals surface area contributed by atoms with Crippen LogP contribution in [0.2, 0.25) is 0 Å². The normalized spacial score (nSPS) is 10.1. The molecular weight excluding hydrogens is 474 g/mol. The van der Waals surface area contributed by atoms with E-state index in [-0.39, 0.29) is 24.6 Å². The molecule has 0 aliphatic rings. The summed E-state index contributed by atoms with van der Waals surface area (Å²) in [7, 11) is 0. The largest absolute Gasteiger partial charge is 0.456 e. The first-order valence-corrected chi connectivity index (χ1v) is 11.5. The molecule has 32 heavy (non-hydrogen) atoms. The van der Waals surface area contributed by atoms with Gasteiger partial charge >= 0.3 is 11.9 Å². The standard InChI is InChI=1S/C21H19BrN2O4.C3H9N/c22-11-12-24-19(21(26)28-15-17-9-5-2-6-10-17)13-18(23-24)20(25)27-14-16-7-3-1-4-8-16;1-2-3-4/h1-10,13H,11-12,14-15H2;2-4H2,1H3. The first-order valence-electron chi connectivity index (χ1n) is 10.3. The lowest BCUT2D eigenvalue weighted by Gasteiger charge is -2.06. The SMILES string of the molecule is CCCN.O=C(OCc1ccccc1)c1cc(C(=O)OCc2ccccc2)n(CCBr)n1. The third kappa shape index (κ3) is 8.28. The average molecular weight is 502 g/mol. The quantitative estimate of drug-likeness (QED) is 0.345. The summed E-state index contributed by atoms with van der Waals surface area (Å²) in [5, 5.41) is 4.78. The van der Waals surface area contributed by atoms with Crippen LogP contribution in [0.3, 0.4) is 0 Å². The van der Waals surface area contributed by atoms with Crippen molar-refractivity contribution in [1.29, 1.82) is 0 Å². The highest BCUT2D eigenvalue weighted by Gasteiger charge is 2.21. The fourth-order valence-corrected chi connectivity index (χ4v) is 2.86. The molecule has 170 valence electrons. The molecule has 0 radical (unpaired) electrons. The third-order valence-corrected chi connectivity index (χ3v) is 4.56. The van der Waals surface area contributed by atoms with E-state index < -0.39 is 11.9 Å². The number of alkyl halides is 1. The third-order valence-electron chi connectivity index (χ3n) is 4.21. The van der Waals surface area contributed by atoms with Gasteiger partial charge in [0.1, 0.15) is 18.9 Å². The van der Waals surface area contributed by atoms with Crippen molar-refractivity contribution in [1.82, 2.24) is 9.78 Å². The second-order valence-corrected chi connectivity index (χ2v) is 7.53. The van der Waals surface area contributed by atoms with E-state index in [1.54, 1.807) is 0 Å². The number of rotatable bonds is 9. The smallest absolute Gasteiger partial charge is 0.359 e. The first kappa shape index (κ1) is 25.3. The van der Waals surface area contributed by atoms with Crippen LogP contribution in [0, 0.1) is 0 Å². The van der Waals surface area contributed by atoms with Crippen LogP contribution in [0.5, 0.6) is 0 Å². The maximum Gasteiger partial charge on any atom is 0.359 e. The van der Waals surface area contributed by atoms with Crippen molar-refractivity contribution in [3.8, 4) is 0 Å². The molecule has 0 spiro atoms. The Morgan fingerprint density at radius 1 is 0.938 bits per heavy atom. The van der Waals surface area contributed by atoms with Gasteiger partial charge in [-0.25, -0.2) is 9.59 Å². The Hall–Kier alpha value is -2.97. The molecule has 3 aromatic rings. The van der Waals surface area contributed by atoms with E-state index in [0.717, 1.165) is 24.1 Å². The highest BCUT2D eigenvalue weighted by Crippen LogP contribution is 2.12. The summed E-state index contributed by atoms with van der Waals surface area (Å²) in [6.07, 6.45) is 1.10. The molecule has 8 heteroatoms. The van der Waals surface area contributed by atoms with Crippen molar-refractivity contribution in [2.45, 2.75) is 33.1 Å². The van der Waals surface area contributed by atoms with Crippen molar-refractivity contribution in [2.75, 3.05) is 11.9 Å². The lowest BCUT2D eigenvalue weighted by molar-refractivity contribution is 0.0453. The van der Waals surface area contributed by atoms with Gasteiger partial charge in [-0.05, 0) is 24.1 Å². The number of ether oxygens (including phenoxy) is 2. The molecule has 1 aromatic heterocycles. The van der Waals surface area contributed by atoms with Gasteiger partial charge in [0.2, 0.25) is 0 Å². The molecule has 0 saturated carbocycles. The van der Waals surface area contributed by atoms with Crippen LogP contribution >= 0.6 is 15.9 Å². The van der Waals surface area contributed by atoms with E-state index >= 15 is 0 Å². The summed E-state index contributed by atoms with van der Waals surface area (Å²) in [5.74, 6) is -1.13. The average Bonchev–Trinajstić information content (AvgIpc) is 3.27. The number of halogens is 1. The first-order chi connectivity index (χ1) is 15.6. The summed E-state index contributed by atoms with van der Waals surface area (Å²) in [5.41, 5.74) is 7.06. The van der Waals surface area contributed by atoms with Crippen LogP contribution in [-0.2, 0) is 29.2 Å². The Labute approximate surface area is 196 Å². The second kappa shape index (κ2) is 14.2. The van der Waals surface area contributed by atoms with Gasteiger partial charge in [-0.15, -0.1) is 0 Å². The minimum Gasteiger partial charge on any atom is -0.456 e. The van der Waals surface area contributed by atoms with Gasteiger partial charge in [0, 0.05) is 11.4 Å². The predicted molar refractivity (Wildman–Crippen MR) is 126 cm³/mol. The Kier molecular flexibility index (Phi) is 11.2. The summed E-state index contributed by atoms with van der Waals surface area (Å²) < 4.78 is 12.1. The number of carbonyl (C=O) groups excluding carboxylic acids is 2. The lowest BCUT2D eigenvalue weighted by atomic mass is 10.2. The maximum atomic E-state index is 12.5. The fraction of sp³-hybridized carbons (Fsp3) is 0.292. The van der Waals surface area contributed by atoms with Crippen LogP contribution < -0.4 is 5.73 Å². The number of benzene rings is 2. The van der Waals surface area contributed by atoms with Gasteiger partial charge in [0.05, 0.1) is 6.54 Å². The zero-order valence-electron chi connectivity index (χ0n) is 18.1. The van der Waals surface area contributed by atoms with Crippen LogP contribution in [0.1, 0.15) is 45.4 Å². The number of hydrogen-bond donors (Lipinski definition) is 1. The maximum absolute atomic E-state index is 12.5. The van der Waals surface area contributed by atoms with E-state index in [4.69, 9.17) is 15.2 Å². The van der Waals surface area contributed by atoms with Crippen molar-refractivity contribution < 1.29 is 19.1 Å². The van der Waals surface area contributed by atoms with Crippen molar-refractivity contribution in [2.24, 2.45) is 5.73 Å². The minimum absolute atomic E-state index is 0.0727. The Morgan fingerprint density at radius 2 is 1.44 bits per heavy atom. The molecule has 2 N–H and O–H groups in total. The van der Waals surface area contributed by atoms with Crippen LogP contribution in [0.25, 0.3) is 0 Å². The molecule has 0 unspecified atom stereocenters. The van der Waals surface area contributed by atoms with E-state index in [1.165, 1.54) is 10.7 Å². The van der Waals surface area contributed by atoms with E-state index in [9.17, 15) is 9.59 Å². The molecule has 2 aromatic carbocycles. The number of nitrogens with two attached hydrogens (primary N) is 1. The number of nitrogens with zero attached hydrogens (tertiary/aromatic N) is 2. The molecule has 0 aliphatic heterocycles. The Balaban J connectivity index is 0.000000837. The van der Waals surface area contributed by atoms with Gasteiger partial charge < -0.3 is 15.2 Å². The summed E-state index contributed by atoms with van der Waals surface area (Å²) in [4.78, 5) is 24.8. The minimum atomic E-state index is -0.589. The zero-order chi connectivity index (χ0) is 23.2. The van der Waals surface area contributed by atoms with Crippen molar-refractivity contribution in [3.63, 3.8) is 0 Å². The molecule has 0 bridgehead atoms. The number of aromatic nitrogens is 2. The molecule has 3 rings (SSSR count). The number of esters is 2. The van der Waals surface area contributed by atoms with Gasteiger partial charge in [0.25, 0.3) is 0 Å². The number of hydrogen-bond acceptors (Lipinski definition) is 6. The van der Waals surface area contributed by atoms with Crippen LogP contribution in [-0.4, -0.2) is 33.6 Å². The monoisotopic (exact) mass is 501 g/mol. The van der Waals surface area contributed by atoms with E-state index in [2.05, 4.69) is 28.0 Å². The van der Waals surface area contributed by atoms with Gasteiger partial charge in [-0.2, -0.15) is 5.10 Å². The lowest BCUT2D eigenvalue weighted by Crippen LogP contribution is -2.14. The summed E-state index contributed by atoms with van der Waals surface area (Å²) in [6.45, 7) is 3.58. The summed E-state index contributed by atoms with van der Waals surface area (Å²) in [6, 6.07) is 20.1. The van der Waals surface area contributed by atoms with Gasteiger partial charge in [-0.1, -0.05) is 83.5 Å². The second-order valence-electron chi connectivity index (χ2n) is 6.74. The van der Waals surface area contributed by atoms with Crippen molar-refractivity contribution in [3.05, 3.63) is 89.2 Å². The number of aryl methyl sites for hydroxylation is 1. The van der Waals surface area contributed by atoms with Crippen LogP contribution in [0.15, 0.2) is 66.7 Å². The fourth-order valence-electron chi connectivity index (χ4n) is 2.53. The van der Waals surface area contributed by atoms with E-state index in [1.807, 2.05) is 60.7 Å². The highest BCUT2D eigenvalue weighted by atomic mass is 79.9. The Morgan fingerprint density at radius 3 is 1.91 bits per heavy atom. The predicted octanol–water partition coefficient (Wildman–Crippen LogP) is 4.35. The molecule has 0 saturated heterocycles. The molecule has 0 amide bonds. The highest BCUT2D eigenvalue weighted by molar-refractivity contribution is 9.09. The van der Waals surface area contributed by atoms with Gasteiger partial charge in [0.15, 0.2) is 5.69 Å². The summed E-state index contributed by atoms with van der Waals surface area (Å²) >= 11 is 3.32. The zero-order valence-corrected chi connectivity index (χ0v) is 19.7. The molecular formula is C24H28BrN3O4. The topological polar surface area (TPSA) is 96.4 Å². The van der Waals surface area contributed by atoms with Crippen molar-refractivity contribution >= 4 is 27.9 Å². The molecule has 0 fully saturated rings. The Bertz CT molecular complexity index is 960.